The molecule has 0 radical (unpaired) electrons. The number of carboxylic acids is 3. The number of hydrogen-bond acceptors (Lipinski definition) is 6. The Bertz CT molecular complexity index is 316. The number of carbonyl (C=O) groups excluding carboxylic acids is 3. The second-order valence-electron chi connectivity index (χ2n) is 6.07. The molecule has 0 aromatic rings. The zero-order valence-corrected chi connectivity index (χ0v) is 18.3. The van der Waals surface area contributed by atoms with Crippen LogP contribution in [-0.4, -0.2) is 81.3 Å². The molecule has 0 unspecified atom stereocenters. The van der Waals surface area contributed by atoms with Gasteiger partial charge in [0.25, 0.3) is 0 Å². The van der Waals surface area contributed by atoms with Crippen molar-refractivity contribution in [2.45, 2.75) is 0 Å². The van der Waals surface area contributed by atoms with Gasteiger partial charge in [0, 0.05) is 0 Å². The summed E-state index contributed by atoms with van der Waals surface area (Å²) in [4.78, 5) is 31.7. The van der Waals surface area contributed by atoms with Gasteiger partial charge in [0.1, 0.15) is 0 Å². The topological polar surface area (TPSA) is 134 Å². The molecule has 0 saturated carbocycles. The van der Waals surface area contributed by atoms with Gasteiger partial charge < -0.3 is 44.4 Å². The van der Waals surface area contributed by atoms with E-state index in [-0.39, 0.29) is 0 Å². The fourth-order valence-electron chi connectivity index (χ4n) is 0. The molecular formula is C18H39N3O6. The fourth-order valence-corrected chi connectivity index (χ4v) is 0. The first kappa shape index (κ1) is 39.5. The van der Waals surface area contributed by atoms with Crippen LogP contribution in [0.2, 0.25) is 0 Å². The molecule has 162 valence electrons. The second-order valence-corrected chi connectivity index (χ2v) is 6.07. The Kier molecular flexibility index (Phi) is 50.9. The van der Waals surface area contributed by atoms with Crippen molar-refractivity contribution in [3.05, 3.63) is 38.0 Å². The van der Waals surface area contributed by atoms with E-state index in [2.05, 4.69) is 83.2 Å². The number of quaternary nitrogens is 3. The Morgan fingerprint density at radius 3 is 0.556 bits per heavy atom. The molecular weight excluding hydrogens is 354 g/mol. The van der Waals surface area contributed by atoms with Crippen LogP contribution in [0.3, 0.4) is 0 Å². The maximum atomic E-state index is 9.14. The Labute approximate surface area is 164 Å². The standard InChI is InChI=1S/3C3H9N.3C3H4O2/c3*1-4(2)3;3*1-2-3(4)5/h3*1-3H3;3*2H,1H2,(H,4,5). The van der Waals surface area contributed by atoms with E-state index in [9.17, 15) is 0 Å². The van der Waals surface area contributed by atoms with Gasteiger partial charge in [-0.25, -0.2) is 0 Å². The summed E-state index contributed by atoms with van der Waals surface area (Å²) in [6.07, 6.45) is 2.17. The van der Waals surface area contributed by atoms with Gasteiger partial charge in [-0.05, 0) is 18.2 Å². The molecule has 9 heteroatoms. The quantitative estimate of drug-likeness (QED) is 0.408. The van der Waals surface area contributed by atoms with Gasteiger partial charge in [0.15, 0.2) is 0 Å². The lowest BCUT2D eigenvalue weighted by molar-refractivity contribution is -0.836. The monoisotopic (exact) mass is 393 g/mol. The predicted octanol–water partition coefficient (Wildman–Crippen LogP) is -6.95. The summed E-state index contributed by atoms with van der Waals surface area (Å²) in [7, 11) is 18.8. The highest BCUT2D eigenvalue weighted by Gasteiger charge is 1.62. The van der Waals surface area contributed by atoms with E-state index in [1.807, 2.05) is 0 Å². The summed E-state index contributed by atoms with van der Waals surface area (Å²) in [5.41, 5.74) is 0. The van der Waals surface area contributed by atoms with Crippen LogP contribution in [0.15, 0.2) is 38.0 Å². The van der Waals surface area contributed by atoms with Crippen molar-refractivity contribution < 1.29 is 44.4 Å². The van der Waals surface area contributed by atoms with E-state index in [1.54, 1.807) is 0 Å². The fraction of sp³-hybridized carbons (Fsp3) is 0.500. The molecule has 0 aliphatic carbocycles. The highest BCUT2D eigenvalue weighted by atomic mass is 16.4. The molecule has 0 saturated heterocycles. The van der Waals surface area contributed by atoms with E-state index in [0.29, 0.717) is 0 Å². The summed E-state index contributed by atoms with van der Waals surface area (Å²) in [6, 6.07) is 0. The Hall–Kier alpha value is -2.49. The average molecular weight is 394 g/mol. The van der Waals surface area contributed by atoms with Crippen LogP contribution in [0, 0.1) is 0 Å². The summed E-state index contributed by atoms with van der Waals surface area (Å²) in [6.45, 7) is 8.69. The second kappa shape index (κ2) is 34.8. The van der Waals surface area contributed by atoms with Crippen LogP contribution in [0.5, 0.6) is 0 Å². The van der Waals surface area contributed by atoms with Gasteiger partial charge in [-0.2, -0.15) is 0 Å². The van der Waals surface area contributed by atoms with E-state index in [0.717, 1.165) is 18.2 Å². The summed E-state index contributed by atoms with van der Waals surface area (Å²) < 4.78 is 0. The van der Waals surface area contributed by atoms with Gasteiger partial charge >= 0.3 is 0 Å². The van der Waals surface area contributed by atoms with Gasteiger partial charge in [-0.15, -0.1) is 0 Å². The number of carbonyl (C=O) groups is 3. The minimum atomic E-state index is -1.23. The van der Waals surface area contributed by atoms with E-state index < -0.39 is 17.9 Å². The molecule has 0 amide bonds. The zero-order valence-electron chi connectivity index (χ0n) is 18.3. The molecule has 0 aliphatic heterocycles. The van der Waals surface area contributed by atoms with E-state index >= 15 is 0 Å². The molecule has 0 aromatic carbocycles. The molecule has 0 fully saturated rings. The third-order valence-electron chi connectivity index (χ3n) is 0.500. The molecule has 0 aromatic heterocycles. The molecule has 0 atom stereocenters. The predicted molar refractivity (Wildman–Crippen MR) is 102 cm³/mol. The van der Waals surface area contributed by atoms with Crippen LogP contribution < -0.4 is 30.0 Å². The molecule has 0 spiro atoms. The van der Waals surface area contributed by atoms with Crippen molar-refractivity contribution in [1.82, 2.24) is 0 Å². The minimum Gasteiger partial charge on any atom is -0.545 e. The van der Waals surface area contributed by atoms with Crippen LogP contribution in [-0.2, 0) is 14.4 Å². The Morgan fingerprint density at radius 2 is 0.556 bits per heavy atom. The van der Waals surface area contributed by atoms with Crippen molar-refractivity contribution in [2.24, 2.45) is 0 Å². The van der Waals surface area contributed by atoms with Crippen molar-refractivity contribution >= 4 is 17.9 Å². The summed E-state index contributed by atoms with van der Waals surface area (Å²) >= 11 is 0. The summed E-state index contributed by atoms with van der Waals surface area (Å²) in [5, 5.41) is 27.4. The third kappa shape index (κ3) is 883. The van der Waals surface area contributed by atoms with E-state index in [4.69, 9.17) is 29.7 Å². The van der Waals surface area contributed by atoms with Gasteiger partial charge in [0.2, 0.25) is 0 Å². The highest BCUT2D eigenvalue weighted by molar-refractivity contribution is 5.77. The smallest absolute Gasteiger partial charge is 0.0661 e. The molecule has 27 heavy (non-hydrogen) atoms. The van der Waals surface area contributed by atoms with Crippen molar-refractivity contribution in [1.29, 1.82) is 0 Å². The number of rotatable bonds is 3. The molecule has 0 rings (SSSR count). The van der Waals surface area contributed by atoms with Crippen molar-refractivity contribution in [3.63, 3.8) is 0 Å². The lowest BCUT2D eigenvalue weighted by Gasteiger charge is -1.88. The number of hydrogen-bond donors (Lipinski definition) is 3. The lowest BCUT2D eigenvalue weighted by atomic mass is 10.7. The number of aliphatic carboxylic acids is 3. The minimum absolute atomic E-state index is 0.722. The van der Waals surface area contributed by atoms with Crippen LogP contribution in [0.1, 0.15) is 0 Å². The van der Waals surface area contributed by atoms with Crippen LogP contribution in [0.4, 0.5) is 0 Å². The summed E-state index contributed by atoms with van der Waals surface area (Å²) in [5.74, 6) is -3.69. The molecule has 9 nitrogen and oxygen atoms in total. The molecule has 3 N–H and O–H groups in total. The van der Waals surface area contributed by atoms with Crippen molar-refractivity contribution in [2.75, 3.05) is 63.4 Å². The third-order valence-corrected chi connectivity index (χ3v) is 0.500. The van der Waals surface area contributed by atoms with E-state index in [1.165, 1.54) is 14.7 Å². The van der Waals surface area contributed by atoms with Crippen molar-refractivity contribution in [3.8, 4) is 0 Å². The van der Waals surface area contributed by atoms with Crippen LogP contribution in [0.25, 0.3) is 0 Å². The maximum absolute atomic E-state index is 9.14. The van der Waals surface area contributed by atoms with Gasteiger partial charge in [-0.3, -0.25) is 0 Å². The first-order valence-electron chi connectivity index (χ1n) is 7.82. The van der Waals surface area contributed by atoms with Gasteiger partial charge in [-0.1, -0.05) is 19.7 Å². The number of carboxylic acid groups (broad SMARTS) is 3. The maximum Gasteiger partial charge on any atom is 0.0661 e. The number of nitrogens with one attached hydrogen (secondary N) is 3. The normalized spacial score (nSPS) is 7.56. The van der Waals surface area contributed by atoms with Crippen LogP contribution >= 0.6 is 0 Å². The zero-order chi connectivity index (χ0) is 23.6. The Balaban J connectivity index is -0.0000000492. The molecule has 0 bridgehead atoms. The Morgan fingerprint density at radius 1 is 0.519 bits per heavy atom. The first-order valence-corrected chi connectivity index (χ1v) is 7.82. The van der Waals surface area contributed by atoms with Gasteiger partial charge in [0.05, 0.1) is 81.3 Å². The lowest BCUT2D eigenvalue weighted by Crippen LogP contribution is -3.02. The SMILES string of the molecule is C=CC(=O)[O-].C=CC(=O)[O-].C=CC(=O)[O-].C[NH+](C)C.C[NH+](C)C.C[NH+](C)C. The first-order chi connectivity index (χ1) is 12.0. The highest BCUT2D eigenvalue weighted by Crippen LogP contribution is 1.48. The average Bonchev–Trinajstić information content (AvgIpc) is 2.46. The molecule has 0 aliphatic rings. The molecule has 0 heterocycles. The largest absolute Gasteiger partial charge is 0.545 e.